The highest BCUT2D eigenvalue weighted by Crippen LogP contribution is 2.16. The lowest BCUT2D eigenvalue weighted by atomic mass is 10.3. The van der Waals surface area contributed by atoms with Crippen molar-refractivity contribution in [1.29, 1.82) is 5.26 Å². The minimum absolute atomic E-state index is 0.122. The third kappa shape index (κ3) is 3.53. The second-order valence-corrected chi connectivity index (χ2v) is 4.36. The molecule has 0 saturated carbocycles. The first-order valence-electron chi connectivity index (χ1n) is 5.49. The van der Waals surface area contributed by atoms with Crippen LogP contribution in [-0.2, 0) is 4.74 Å². The average Bonchev–Trinajstić information content (AvgIpc) is 2.93. The minimum atomic E-state index is -0.499. The van der Waals surface area contributed by atoms with Crippen LogP contribution in [0.5, 0.6) is 5.75 Å². The lowest BCUT2D eigenvalue weighted by Crippen LogP contribution is -2.12. The van der Waals surface area contributed by atoms with E-state index in [0.717, 1.165) is 0 Å². The number of carbonyl (C=O) groups excluding carboxylic acids is 1. The van der Waals surface area contributed by atoms with Gasteiger partial charge in [-0.1, -0.05) is 0 Å². The van der Waals surface area contributed by atoms with Crippen LogP contribution in [0.1, 0.15) is 15.2 Å². The summed E-state index contributed by atoms with van der Waals surface area (Å²) in [5.74, 6) is 0.119. The lowest BCUT2D eigenvalue weighted by Gasteiger charge is -2.06. The first kappa shape index (κ1) is 13.1. The summed E-state index contributed by atoms with van der Waals surface area (Å²) in [6, 6.07) is 7.06. The number of ether oxygens (including phenoxy) is 2. The number of pyridine rings is 1. The number of thiophene rings is 1. The van der Waals surface area contributed by atoms with Gasteiger partial charge in [0.2, 0.25) is 0 Å². The topological polar surface area (TPSA) is 72.2 Å². The van der Waals surface area contributed by atoms with Crippen LogP contribution in [0.4, 0.5) is 0 Å². The fourth-order valence-corrected chi connectivity index (χ4v) is 2.08. The van der Waals surface area contributed by atoms with Crippen LogP contribution in [0, 0.1) is 11.3 Å². The number of carbonyl (C=O) groups is 1. The van der Waals surface area contributed by atoms with Gasteiger partial charge in [0.1, 0.15) is 29.9 Å². The molecule has 0 spiro atoms. The molecule has 5 nitrogen and oxygen atoms in total. The number of hydrogen-bond donors (Lipinski definition) is 0. The van der Waals surface area contributed by atoms with E-state index in [1.54, 1.807) is 36.0 Å². The third-order valence-corrected chi connectivity index (χ3v) is 3.09. The molecular weight excluding hydrogens is 264 g/mol. The SMILES string of the molecule is N#Cc1ccsc1C(=O)OCCOc1cccnc1. The number of hydrogen-bond acceptors (Lipinski definition) is 6. The van der Waals surface area contributed by atoms with Gasteiger partial charge in [0, 0.05) is 6.20 Å². The number of esters is 1. The Morgan fingerprint density at radius 1 is 1.42 bits per heavy atom. The molecule has 0 unspecified atom stereocenters. The molecule has 96 valence electrons. The Morgan fingerprint density at radius 2 is 2.32 bits per heavy atom. The number of rotatable bonds is 5. The zero-order valence-corrected chi connectivity index (χ0v) is 10.7. The van der Waals surface area contributed by atoms with Crippen LogP contribution in [0.2, 0.25) is 0 Å². The van der Waals surface area contributed by atoms with Gasteiger partial charge >= 0.3 is 5.97 Å². The molecule has 0 fully saturated rings. The van der Waals surface area contributed by atoms with E-state index in [4.69, 9.17) is 14.7 Å². The van der Waals surface area contributed by atoms with E-state index < -0.39 is 5.97 Å². The molecule has 0 aliphatic heterocycles. The molecule has 2 aromatic heterocycles. The summed E-state index contributed by atoms with van der Waals surface area (Å²) in [7, 11) is 0. The normalized spacial score (nSPS) is 9.63. The van der Waals surface area contributed by atoms with E-state index in [9.17, 15) is 4.79 Å². The fourth-order valence-electron chi connectivity index (χ4n) is 1.35. The summed E-state index contributed by atoms with van der Waals surface area (Å²) in [6.07, 6.45) is 3.22. The Morgan fingerprint density at radius 3 is 3.05 bits per heavy atom. The summed E-state index contributed by atoms with van der Waals surface area (Å²) in [4.78, 5) is 15.9. The molecule has 0 radical (unpaired) electrons. The van der Waals surface area contributed by atoms with Gasteiger partial charge in [-0.3, -0.25) is 4.98 Å². The molecule has 2 aromatic rings. The maximum atomic E-state index is 11.7. The van der Waals surface area contributed by atoms with Crippen LogP contribution in [0.25, 0.3) is 0 Å². The maximum absolute atomic E-state index is 11.7. The van der Waals surface area contributed by atoms with Crippen LogP contribution >= 0.6 is 11.3 Å². The largest absolute Gasteiger partial charge is 0.488 e. The second-order valence-electron chi connectivity index (χ2n) is 3.45. The van der Waals surface area contributed by atoms with Crippen LogP contribution in [0.15, 0.2) is 36.0 Å². The summed E-state index contributed by atoms with van der Waals surface area (Å²) in [5.41, 5.74) is 0.336. The van der Waals surface area contributed by atoms with E-state index in [0.29, 0.717) is 16.2 Å². The highest BCUT2D eigenvalue weighted by Gasteiger charge is 2.14. The maximum Gasteiger partial charge on any atom is 0.349 e. The van der Waals surface area contributed by atoms with Gasteiger partial charge < -0.3 is 9.47 Å². The van der Waals surface area contributed by atoms with E-state index in [-0.39, 0.29) is 13.2 Å². The van der Waals surface area contributed by atoms with Gasteiger partial charge in [0.05, 0.1) is 11.8 Å². The van der Waals surface area contributed by atoms with Crippen molar-refractivity contribution < 1.29 is 14.3 Å². The minimum Gasteiger partial charge on any atom is -0.488 e. The molecule has 0 N–H and O–H groups in total. The van der Waals surface area contributed by atoms with Crippen molar-refractivity contribution in [2.75, 3.05) is 13.2 Å². The average molecular weight is 274 g/mol. The number of nitriles is 1. The molecule has 2 rings (SSSR count). The zero-order valence-electron chi connectivity index (χ0n) is 9.91. The molecule has 6 heteroatoms. The summed E-state index contributed by atoms with van der Waals surface area (Å²) >= 11 is 1.19. The highest BCUT2D eigenvalue weighted by atomic mass is 32.1. The Labute approximate surface area is 114 Å². The third-order valence-electron chi connectivity index (χ3n) is 2.19. The smallest absolute Gasteiger partial charge is 0.349 e. The van der Waals surface area contributed by atoms with Crippen molar-refractivity contribution in [3.63, 3.8) is 0 Å². The summed E-state index contributed by atoms with van der Waals surface area (Å²) < 4.78 is 10.4. The molecule has 0 bridgehead atoms. The van der Waals surface area contributed by atoms with Crippen molar-refractivity contribution in [2.24, 2.45) is 0 Å². The second kappa shape index (κ2) is 6.52. The summed E-state index contributed by atoms with van der Waals surface area (Å²) in [6.45, 7) is 0.362. The molecule has 19 heavy (non-hydrogen) atoms. The van der Waals surface area contributed by atoms with Crippen LogP contribution < -0.4 is 4.74 Å². The Bertz CT molecular complexity index is 589. The molecule has 2 heterocycles. The standard InChI is InChI=1S/C13H10N2O3S/c14-8-10-3-7-19-12(10)13(16)18-6-5-17-11-2-1-4-15-9-11/h1-4,7,9H,5-6H2. The van der Waals surface area contributed by atoms with Gasteiger partial charge in [-0.15, -0.1) is 11.3 Å². The van der Waals surface area contributed by atoms with E-state index >= 15 is 0 Å². The van der Waals surface area contributed by atoms with Crippen molar-refractivity contribution in [1.82, 2.24) is 4.98 Å². The Hall–Kier alpha value is -2.39. The summed E-state index contributed by atoms with van der Waals surface area (Å²) in [5, 5.41) is 10.5. The van der Waals surface area contributed by atoms with Gasteiger partial charge in [0.25, 0.3) is 0 Å². The van der Waals surface area contributed by atoms with Crippen molar-refractivity contribution in [3.8, 4) is 11.8 Å². The number of nitrogens with zero attached hydrogens (tertiary/aromatic N) is 2. The Balaban J connectivity index is 1.77. The van der Waals surface area contributed by atoms with Gasteiger partial charge in [-0.25, -0.2) is 4.79 Å². The van der Waals surface area contributed by atoms with Crippen molar-refractivity contribution >= 4 is 17.3 Å². The molecule has 0 atom stereocenters. The predicted octanol–water partition coefficient (Wildman–Crippen LogP) is 2.25. The van der Waals surface area contributed by atoms with Gasteiger partial charge in [0.15, 0.2) is 0 Å². The predicted molar refractivity (Wildman–Crippen MR) is 69.0 cm³/mol. The molecule has 0 saturated heterocycles. The molecular formula is C13H10N2O3S. The number of aromatic nitrogens is 1. The molecule has 0 aliphatic rings. The first-order chi connectivity index (χ1) is 9.31. The lowest BCUT2D eigenvalue weighted by molar-refractivity contribution is 0.0455. The van der Waals surface area contributed by atoms with Gasteiger partial charge in [-0.05, 0) is 23.6 Å². The Kier molecular flexibility index (Phi) is 4.48. The van der Waals surface area contributed by atoms with Crippen LogP contribution in [-0.4, -0.2) is 24.2 Å². The van der Waals surface area contributed by atoms with Crippen molar-refractivity contribution in [2.45, 2.75) is 0 Å². The monoisotopic (exact) mass is 274 g/mol. The van der Waals surface area contributed by atoms with Gasteiger partial charge in [-0.2, -0.15) is 5.26 Å². The van der Waals surface area contributed by atoms with E-state index in [1.165, 1.54) is 11.3 Å². The quantitative estimate of drug-likeness (QED) is 0.617. The van der Waals surface area contributed by atoms with E-state index in [2.05, 4.69) is 4.98 Å². The first-order valence-corrected chi connectivity index (χ1v) is 6.37. The molecule has 0 amide bonds. The zero-order chi connectivity index (χ0) is 13.5. The van der Waals surface area contributed by atoms with E-state index in [1.807, 2.05) is 6.07 Å². The molecule has 0 aromatic carbocycles. The molecule has 0 aliphatic carbocycles. The van der Waals surface area contributed by atoms with Crippen molar-refractivity contribution in [3.05, 3.63) is 46.4 Å². The fraction of sp³-hybridized carbons (Fsp3) is 0.154. The van der Waals surface area contributed by atoms with Crippen LogP contribution in [0.3, 0.4) is 0 Å². The highest BCUT2D eigenvalue weighted by molar-refractivity contribution is 7.12.